The van der Waals surface area contributed by atoms with Crippen LogP contribution in [0, 0.1) is 3.57 Å². The van der Waals surface area contributed by atoms with Gasteiger partial charge in [0.1, 0.15) is 5.82 Å². The van der Waals surface area contributed by atoms with Crippen molar-refractivity contribution in [3.63, 3.8) is 0 Å². The van der Waals surface area contributed by atoms with Crippen LogP contribution in [0.3, 0.4) is 0 Å². The van der Waals surface area contributed by atoms with Crippen LogP contribution in [0.2, 0.25) is 0 Å². The molecule has 0 atom stereocenters. The molecule has 0 bridgehead atoms. The predicted molar refractivity (Wildman–Crippen MR) is 94.0 cm³/mol. The van der Waals surface area contributed by atoms with Crippen LogP contribution in [0.1, 0.15) is 19.0 Å². The Labute approximate surface area is 140 Å². The molecule has 6 nitrogen and oxygen atoms in total. The Balaban J connectivity index is 2.25. The van der Waals surface area contributed by atoms with Crippen molar-refractivity contribution < 1.29 is 4.74 Å². The summed E-state index contributed by atoms with van der Waals surface area (Å²) in [5, 5.41) is 3.40. The molecule has 1 aliphatic rings. The fourth-order valence-electron chi connectivity index (χ4n) is 2.22. The SMILES string of the molecule is CCCNc1nc(N2CCN(C)CC2)nc(COC)c1I. The first-order valence-corrected chi connectivity index (χ1v) is 8.46. The van der Waals surface area contributed by atoms with E-state index >= 15 is 0 Å². The molecular weight excluding hydrogens is 381 g/mol. The number of anilines is 2. The highest BCUT2D eigenvalue weighted by atomic mass is 127. The van der Waals surface area contributed by atoms with Crippen molar-refractivity contribution >= 4 is 34.4 Å². The number of halogens is 1. The van der Waals surface area contributed by atoms with Crippen molar-refractivity contribution in [3.8, 4) is 0 Å². The number of piperazine rings is 1. The number of hydrogen-bond acceptors (Lipinski definition) is 6. The quantitative estimate of drug-likeness (QED) is 0.729. The maximum atomic E-state index is 5.28. The van der Waals surface area contributed by atoms with Crippen molar-refractivity contribution in [2.75, 3.05) is 57.1 Å². The van der Waals surface area contributed by atoms with E-state index in [1.807, 2.05) is 0 Å². The summed E-state index contributed by atoms with van der Waals surface area (Å²) in [6, 6.07) is 0. The molecule has 1 aliphatic heterocycles. The maximum Gasteiger partial charge on any atom is 0.227 e. The molecule has 0 spiro atoms. The number of likely N-dealkylation sites (N-methyl/N-ethyl adjacent to an activating group) is 1. The van der Waals surface area contributed by atoms with Crippen LogP contribution < -0.4 is 10.2 Å². The molecule has 1 aromatic heterocycles. The molecule has 2 heterocycles. The number of methoxy groups -OCH3 is 1. The molecule has 0 aromatic carbocycles. The lowest BCUT2D eigenvalue weighted by atomic mass is 10.3. The molecule has 1 aromatic rings. The Morgan fingerprint density at radius 2 is 1.95 bits per heavy atom. The first kappa shape index (κ1) is 16.7. The third-order valence-corrected chi connectivity index (χ3v) is 4.65. The van der Waals surface area contributed by atoms with Gasteiger partial charge in [-0.05, 0) is 36.1 Å². The van der Waals surface area contributed by atoms with E-state index in [-0.39, 0.29) is 0 Å². The molecule has 0 amide bonds. The molecule has 0 aliphatic carbocycles. The molecule has 7 heteroatoms. The van der Waals surface area contributed by atoms with E-state index < -0.39 is 0 Å². The summed E-state index contributed by atoms with van der Waals surface area (Å²) in [5.74, 6) is 1.74. The second kappa shape index (κ2) is 8.09. The van der Waals surface area contributed by atoms with Gasteiger partial charge in [0, 0.05) is 39.8 Å². The summed E-state index contributed by atoms with van der Waals surface area (Å²) in [6.45, 7) is 7.62. The van der Waals surface area contributed by atoms with Crippen LogP contribution in [-0.4, -0.2) is 61.7 Å². The van der Waals surface area contributed by atoms with E-state index in [0.717, 1.165) is 60.2 Å². The molecule has 1 N–H and O–H groups in total. The Kier molecular flexibility index (Phi) is 6.43. The van der Waals surface area contributed by atoms with Crippen LogP contribution in [0.5, 0.6) is 0 Å². The van der Waals surface area contributed by atoms with Crippen molar-refractivity contribution in [2.24, 2.45) is 0 Å². The summed E-state index contributed by atoms with van der Waals surface area (Å²) in [7, 11) is 3.85. The molecule has 1 fully saturated rings. The number of rotatable bonds is 6. The van der Waals surface area contributed by atoms with Gasteiger partial charge in [-0.3, -0.25) is 0 Å². The van der Waals surface area contributed by atoms with E-state index in [1.165, 1.54) is 0 Å². The third-order valence-electron chi connectivity index (χ3n) is 3.52. The Hall–Kier alpha value is -0.670. The number of nitrogens with zero attached hydrogens (tertiary/aromatic N) is 4. The predicted octanol–water partition coefficient (Wildman–Crippen LogP) is 1.80. The Morgan fingerprint density at radius 1 is 1.24 bits per heavy atom. The van der Waals surface area contributed by atoms with Gasteiger partial charge < -0.3 is 19.9 Å². The molecule has 0 saturated carbocycles. The van der Waals surface area contributed by atoms with E-state index in [1.54, 1.807) is 7.11 Å². The fraction of sp³-hybridized carbons (Fsp3) is 0.714. The van der Waals surface area contributed by atoms with Crippen LogP contribution in [0.15, 0.2) is 0 Å². The first-order chi connectivity index (χ1) is 10.2. The summed E-state index contributed by atoms with van der Waals surface area (Å²) in [5.41, 5.74) is 0.959. The summed E-state index contributed by atoms with van der Waals surface area (Å²) in [6.07, 6.45) is 1.07. The zero-order valence-corrected chi connectivity index (χ0v) is 15.2. The monoisotopic (exact) mass is 405 g/mol. The van der Waals surface area contributed by atoms with Gasteiger partial charge >= 0.3 is 0 Å². The van der Waals surface area contributed by atoms with E-state index in [9.17, 15) is 0 Å². The number of hydrogen-bond donors (Lipinski definition) is 1. The Morgan fingerprint density at radius 3 is 2.57 bits per heavy atom. The van der Waals surface area contributed by atoms with Gasteiger partial charge in [0.05, 0.1) is 15.9 Å². The van der Waals surface area contributed by atoms with Crippen LogP contribution in [-0.2, 0) is 11.3 Å². The van der Waals surface area contributed by atoms with Gasteiger partial charge in [0.2, 0.25) is 5.95 Å². The van der Waals surface area contributed by atoms with E-state index in [0.29, 0.717) is 6.61 Å². The molecule has 0 unspecified atom stereocenters. The fourth-order valence-corrected chi connectivity index (χ4v) is 2.81. The average Bonchev–Trinajstić information content (AvgIpc) is 2.49. The zero-order chi connectivity index (χ0) is 15.2. The molecule has 2 rings (SSSR count). The minimum atomic E-state index is 0.516. The Bertz CT molecular complexity index is 463. The first-order valence-electron chi connectivity index (χ1n) is 7.38. The maximum absolute atomic E-state index is 5.28. The lowest BCUT2D eigenvalue weighted by Gasteiger charge is -2.32. The van der Waals surface area contributed by atoms with Gasteiger partial charge in [0.25, 0.3) is 0 Å². The smallest absolute Gasteiger partial charge is 0.227 e. The molecule has 0 radical (unpaired) electrons. The van der Waals surface area contributed by atoms with Gasteiger partial charge in [-0.25, -0.2) is 4.98 Å². The highest BCUT2D eigenvalue weighted by Crippen LogP contribution is 2.23. The minimum Gasteiger partial charge on any atom is -0.378 e. The van der Waals surface area contributed by atoms with Gasteiger partial charge in [-0.2, -0.15) is 4.98 Å². The minimum absolute atomic E-state index is 0.516. The zero-order valence-electron chi connectivity index (χ0n) is 13.0. The average molecular weight is 405 g/mol. The van der Waals surface area contributed by atoms with Gasteiger partial charge in [-0.1, -0.05) is 6.92 Å². The van der Waals surface area contributed by atoms with Gasteiger partial charge in [0.15, 0.2) is 0 Å². The number of nitrogens with one attached hydrogen (secondary N) is 1. The van der Waals surface area contributed by atoms with Crippen LogP contribution in [0.4, 0.5) is 11.8 Å². The lowest BCUT2D eigenvalue weighted by molar-refractivity contribution is 0.180. The summed E-state index contributed by atoms with van der Waals surface area (Å²) >= 11 is 2.30. The molecule has 21 heavy (non-hydrogen) atoms. The molecular formula is C14H24IN5O. The largest absolute Gasteiger partial charge is 0.378 e. The highest BCUT2D eigenvalue weighted by molar-refractivity contribution is 14.1. The summed E-state index contributed by atoms with van der Waals surface area (Å²) < 4.78 is 6.33. The lowest BCUT2D eigenvalue weighted by Crippen LogP contribution is -2.45. The number of aromatic nitrogens is 2. The molecule has 1 saturated heterocycles. The van der Waals surface area contributed by atoms with Crippen molar-refractivity contribution in [3.05, 3.63) is 9.26 Å². The van der Waals surface area contributed by atoms with Crippen molar-refractivity contribution in [2.45, 2.75) is 20.0 Å². The molecule has 118 valence electrons. The second-order valence-corrected chi connectivity index (χ2v) is 6.36. The second-order valence-electron chi connectivity index (χ2n) is 5.28. The van der Waals surface area contributed by atoms with Crippen molar-refractivity contribution in [1.29, 1.82) is 0 Å². The van der Waals surface area contributed by atoms with Gasteiger partial charge in [-0.15, -0.1) is 0 Å². The third kappa shape index (κ3) is 4.40. The van der Waals surface area contributed by atoms with Crippen LogP contribution in [0.25, 0.3) is 0 Å². The standard InChI is InChI=1S/C14H24IN5O/c1-4-5-16-13-12(15)11(10-21-3)17-14(18-13)20-8-6-19(2)7-9-20/h4-10H2,1-3H3,(H,16,17,18). The highest BCUT2D eigenvalue weighted by Gasteiger charge is 2.20. The summed E-state index contributed by atoms with van der Waals surface area (Å²) in [4.78, 5) is 14.0. The normalized spacial score (nSPS) is 16.3. The topological polar surface area (TPSA) is 53.5 Å². The van der Waals surface area contributed by atoms with Crippen molar-refractivity contribution in [1.82, 2.24) is 14.9 Å². The number of ether oxygens (including phenoxy) is 1. The van der Waals surface area contributed by atoms with E-state index in [4.69, 9.17) is 14.7 Å². The van der Waals surface area contributed by atoms with Crippen LogP contribution >= 0.6 is 22.6 Å². The van der Waals surface area contributed by atoms with E-state index in [2.05, 4.69) is 51.7 Å².